The molecule has 1 aromatic carbocycles. The molecule has 0 N–H and O–H groups in total. The number of rotatable bonds is 5. The fourth-order valence-corrected chi connectivity index (χ4v) is 2.11. The second kappa shape index (κ2) is 6.62. The Hall–Kier alpha value is -1.06. The molecule has 0 bridgehead atoms. The Kier molecular flexibility index (Phi) is 5.45. The van der Waals surface area contributed by atoms with Crippen molar-refractivity contribution in [2.45, 2.75) is 6.54 Å². The highest BCUT2D eigenvalue weighted by Gasteiger charge is 2.11. The zero-order chi connectivity index (χ0) is 12.8. The van der Waals surface area contributed by atoms with Crippen LogP contribution in [0.4, 0.5) is 0 Å². The van der Waals surface area contributed by atoms with E-state index < -0.39 is 0 Å². The minimum absolute atomic E-state index is 0.135. The summed E-state index contributed by atoms with van der Waals surface area (Å²) in [5.74, 6) is -0.135. The predicted octanol–water partition coefficient (Wildman–Crippen LogP) is 3.80. The Morgan fingerprint density at radius 3 is 2.71 bits per heavy atom. The number of carbonyl (C=O) groups is 1. The Morgan fingerprint density at radius 1 is 1.47 bits per heavy atom. The van der Waals surface area contributed by atoms with Crippen LogP contribution in [0.25, 0.3) is 0 Å². The maximum atomic E-state index is 11.6. The van der Waals surface area contributed by atoms with Crippen LogP contribution < -0.4 is 0 Å². The van der Waals surface area contributed by atoms with Gasteiger partial charge in [0.25, 0.3) is 0 Å². The van der Waals surface area contributed by atoms with E-state index in [0.717, 1.165) is 10.0 Å². The van der Waals surface area contributed by atoms with Crippen molar-refractivity contribution in [2.24, 2.45) is 0 Å². The number of benzene rings is 1. The lowest BCUT2D eigenvalue weighted by atomic mass is 10.2. The van der Waals surface area contributed by atoms with Crippen molar-refractivity contribution in [1.29, 1.82) is 0 Å². The zero-order valence-corrected chi connectivity index (χ0v) is 11.7. The van der Waals surface area contributed by atoms with Crippen LogP contribution in [0.1, 0.15) is 5.56 Å². The second-order valence-corrected chi connectivity index (χ2v) is 4.77. The molecule has 0 fully saturated rings. The molecule has 0 spiro atoms. The average molecular weight is 315 g/mol. The molecule has 0 aliphatic carbocycles. The summed E-state index contributed by atoms with van der Waals surface area (Å²) in [7, 11) is 0. The molecule has 0 aliphatic heterocycles. The van der Waals surface area contributed by atoms with E-state index in [1.54, 1.807) is 17.0 Å². The van der Waals surface area contributed by atoms with Crippen LogP contribution in [0.2, 0.25) is 5.02 Å². The normalized spacial score (nSPS) is 9.76. The zero-order valence-electron chi connectivity index (χ0n) is 9.33. The SMILES string of the molecule is C=CCN(Cc1ccc(Br)cc1Cl)C(=O)C=C. The van der Waals surface area contributed by atoms with E-state index >= 15 is 0 Å². The van der Waals surface area contributed by atoms with Crippen molar-refractivity contribution >= 4 is 33.4 Å². The van der Waals surface area contributed by atoms with Gasteiger partial charge in [-0.3, -0.25) is 4.79 Å². The van der Waals surface area contributed by atoms with Crippen LogP contribution in [-0.2, 0) is 11.3 Å². The van der Waals surface area contributed by atoms with Gasteiger partial charge in [0.05, 0.1) is 0 Å². The van der Waals surface area contributed by atoms with Crippen molar-refractivity contribution in [3.8, 4) is 0 Å². The monoisotopic (exact) mass is 313 g/mol. The lowest BCUT2D eigenvalue weighted by molar-refractivity contribution is -0.126. The molecule has 0 saturated heterocycles. The van der Waals surface area contributed by atoms with Crippen LogP contribution in [0, 0.1) is 0 Å². The highest BCUT2D eigenvalue weighted by molar-refractivity contribution is 9.10. The van der Waals surface area contributed by atoms with E-state index in [1.807, 2.05) is 12.1 Å². The van der Waals surface area contributed by atoms with Crippen LogP contribution in [-0.4, -0.2) is 17.4 Å². The lowest BCUT2D eigenvalue weighted by Crippen LogP contribution is -2.29. The fourth-order valence-electron chi connectivity index (χ4n) is 1.37. The number of amides is 1. The first-order valence-electron chi connectivity index (χ1n) is 5.04. The summed E-state index contributed by atoms with van der Waals surface area (Å²) < 4.78 is 0.913. The third-order valence-corrected chi connectivity index (χ3v) is 3.06. The first-order chi connectivity index (χ1) is 8.08. The molecule has 90 valence electrons. The Balaban J connectivity index is 2.89. The maximum Gasteiger partial charge on any atom is 0.246 e. The highest BCUT2D eigenvalue weighted by Crippen LogP contribution is 2.22. The average Bonchev–Trinajstić information content (AvgIpc) is 2.30. The van der Waals surface area contributed by atoms with Crippen molar-refractivity contribution < 1.29 is 4.79 Å². The van der Waals surface area contributed by atoms with Gasteiger partial charge in [0, 0.05) is 22.6 Å². The first-order valence-corrected chi connectivity index (χ1v) is 6.21. The summed E-state index contributed by atoms with van der Waals surface area (Å²) in [6.07, 6.45) is 2.96. The summed E-state index contributed by atoms with van der Waals surface area (Å²) in [6, 6.07) is 5.59. The van der Waals surface area contributed by atoms with Gasteiger partial charge in [0.15, 0.2) is 0 Å². The number of hydrogen-bond donors (Lipinski definition) is 0. The van der Waals surface area contributed by atoms with Crippen LogP contribution in [0.5, 0.6) is 0 Å². The molecule has 1 aromatic rings. The molecule has 4 heteroatoms. The van der Waals surface area contributed by atoms with E-state index in [0.29, 0.717) is 18.1 Å². The van der Waals surface area contributed by atoms with E-state index in [-0.39, 0.29) is 5.91 Å². The van der Waals surface area contributed by atoms with E-state index in [2.05, 4.69) is 29.1 Å². The topological polar surface area (TPSA) is 20.3 Å². The molecule has 0 unspecified atom stereocenters. The lowest BCUT2D eigenvalue weighted by Gasteiger charge is -2.20. The molecule has 0 heterocycles. The van der Waals surface area contributed by atoms with Crippen LogP contribution >= 0.6 is 27.5 Å². The van der Waals surface area contributed by atoms with Crippen molar-refractivity contribution in [3.05, 3.63) is 58.6 Å². The van der Waals surface area contributed by atoms with Gasteiger partial charge in [-0.15, -0.1) is 6.58 Å². The largest absolute Gasteiger partial charge is 0.331 e. The Morgan fingerprint density at radius 2 is 2.18 bits per heavy atom. The van der Waals surface area contributed by atoms with E-state index in [4.69, 9.17) is 11.6 Å². The van der Waals surface area contributed by atoms with Crippen molar-refractivity contribution in [1.82, 2.24) is 4.90 Å². The molecule has 0 atom stereocenters. The standard InChI is InChI=1S/C13H13BrClNO/c1-3-7-16(13(17)4-2)9-10-5-6-11(14)8-12(10)15/h3-6,8H,1-2,7,9H2. The number of carbonyl (C=O) groups excluding carboxylic acids is 1. The fraction of sp³-hybridized carbons (Fsp3) is 0.154. The van der Waals surface area contributed by atoms with E-state index in [9.17, 15) is 4.79 Å². The van der Waals surface area contributed by atoms with Gasteiger partial charge >= 0.3 is 0 Å². The summed E-state index contributed by atoms with van der Waals surface area (Å²) in [4.78, 5) is 13.2. The number of nitrogens with zero attached hydrogens (tertiary/aromatic N) is 1. The third-order valence-electron chi connectivity index (χ3n) is 2.21. The summed E-state index contributed by atoms with van der Waals surface area (Å²) in [6.45, 7) is 8.02. The molecule has 0 saturated carbocycles. The summed E-state index contributed by atoms with van der Waals surface area (Å²) in [5.41, 5.74) is 0.895. The van der Waals surface area contributed by atoms with Gasteiger partial charge in [-0.25, -0.2) is 0 Å². The highest BCUT2D eigenvalue weighted by atomic mass is 79.9. The molecule has 1 rings (SSSR count). The van der Waals surface area contributed by atoms with Gasteiger partial charge in [-0.1, -0.05) is 46.3 Å². The van der Waals surface area contributed by atoms with Crippen molar-refractivity contribution in [3.63, 3.8) is 0 Å². The summed E-state index contributed by atoms with van der Waals surface area (Å²) in [5, 5.41) is 0.630. The number of hydrogen-bond acceptors (Lipinski definition) is 1. The second-order valence-electron chi connectivity index (χ2n) is 3.45. The predicted molar refractivity (Wildman–Crippen MR) is 75.0 cm³/mol. The molecule has 0 aliphatic rings. The van der Waals surface area contributed by atoms with Gasteiger partial charge in [-0.05, 0) is 23.8 Å². The molecule has 2 nitrogen and oxygen atoms in total. The maximum absolute atomic E-state index is 11.6. The molecule has 0 aromatic heterocycles. The minimum atomic E-state index is -0.135. The smallest absolute Gasteiger partial charge is 0.246 e. The van der Waals surface area contributed by atoms with Gasteiger partial charge in [0.1, 0.15) is 0 Å². The Bertz CT molecular complexity index is 445. The molecular weight excluding hydrogens is 302 g/mol. The molecular formula is C13H13BrClNO. The third kappa shape index (κ3) is 4.02. The van der Waals surface area contributed by atoms with Crippen LogP contribution in [0.3, 0.4) is 0 Å². The van der Waals surface area contributed by atoms with Gasteiger partial charge < -0.3 is 4.90 Å². The number of halogens is 2. The summed E-state index contributed by atoms with van der Waals surface area (Å²) >= 11 is 9.44. The van der Waals surface area contributed by atoms with Gasteiger partial charge in [-0.2, -0.15) is 0 Å². The van der Waals surface area contributed by atoms with E-state index in [1.165, 1.54) is 6.08 Å². The van der Waals surface area contributed by atoms with Gasteiger partial charge in [0.2, 0.25) is 5.91 Å². The van der Waals surface area contributed by atoms with Crippen molar-refractivity contribution in [2.75, 3.05) is 6.54 Å². The van der Waals surface area contributed by atoms with Crippen LogP contribution in [0.15, 0.2) is 48.0 Å². The molecule has 1 amide bonds. The first kappa shape index (κ1) is 14.0. The molecule has 17 heavy (non-hydrogen) atoms. The minimum Gasteiger partial charge on any atom is -0.331 e. The molecule has 0 radical (unpaired) electrons. The quantitative estimate of drug-likeness (QED) is 0.598. The Labute approximate surface area is 115 Å².